The number of hydrogen-bond donors (Lipinski definition) is 2. The summed E-state index contributed by atoms with van der Waals surface area (Å²) in [6, 6.07) is 7.98. The minimum absolute atomic E-state index is 0. The van der Waals surface area contributed by atoms with Crippen molar-refractivity contribution in [3.63, 3.8) is 0 Å². The molecule has 0 amide bonds. The number of nitrogens with zero attached hydrogens (tertiary/aromatic N) is 3. The van der Waals surface area contributed by atoms with Crippen LogP contribution in [0.4, 0.5) is 5.69 Å². The number of non-ortho nitro benzene ring substituents is 1. The van der Waals surface area contributed by atoms with Crippen molar-refractivity contribution in [2.75, 3.05) is 0 Å². The fraction of sp³-hybridized carbons (Fsp3) is 0.0625. The molecular formula is C16H11Br2N5O4. The minimum atomic E-state index is -0.729. The smallest absolute Gasteiger partial charge is 0.314 e. The molecular weight excluding hydrogens is 486 g/mol. The van der Waals surface area contributed by atoms with Crippen molar-refractivity contribution >= 4 is 60.7 Å². The van der Waals surface area contributed by atoms with Crippen LogP contribution in [0.1, 0.15) is 5.56 Å². The summed E-state index contributed by atoms with van der Waals surface area (Å²) in [5, 5.41) is 10.9. The summed E-state index contributed by atoms with van der Waals surface area (Å²) in [6.07, 6.45) is 1.57. The summed E-state index contributed by atoms with van der Waals surface area (Å²) >= 11 is 3.39. The van der Waals surface area contributed by atoms with Crippen molar-refractivity contribution in [1.82, 2.24) is 19.5 Å². The van der Waals surface area contributed by atoms with Gasteiger partial charge in [0.25, 0.3) is 5.69 Å². The lowest BCUT2D eigenvalue weighted by atomic mass is 10.1. The molecule has 0 unspecified atom stereocenters. The number of halogens is 2. The number of nitro groups is 1. The number of rotatable bonds is 3. The second-order valence-corrected chi connectivity index (χ2v) is 6.61. The Bertz CT molecular complexity index is 1310. The second-order valence-electron chi connectivity index (χ2n) is 5.70. The van der Waals surface area contributed by atoms with E-state index in [-0.39, 0.29) is 22.7 Å². The van der Waals surface area contributed by atoms with E-state index in [2.05, 4.69) is 30.9 Å². The Hall–Kier alpha value is -2.79. The van der Waals surface area contributed by atoms with Crippen molar-refractivity contribution in [2.45, 2.75) is 6.54 Å². The molecule has 0 aliphatic carbocycles. The highest BCUT2D eigenvalue weighted by Gasteiger charge is 2.12. The van der Waals surface area contributed by atoms with Crippen LogP contribution < -0.4 is 11.1 Å². The molecule has 0 bridgehead atoms. The molecule has 138 valence electrons. The maximum Gasteiger partial charge on any atom is 0.314 e. The molecule has 0 saturated heterocycles. The van der Waals surface area contributed by atoms with E-state index in [1.165, 1.54) is 12.1 Å². The number of hydrogen-bond acceptors (Lipinski definition) is 5. The molecule has 2 heterocycles. The zero-order valence-electron chi connectivity index (χ0n) is 13.4. The average Bonchev–Trinajstić information content (AvgIpc) is 2.99. The third kappa shape index (κ3) is 3.43. The van der Waals surface area contributed by atoms with Gasteiger partial charge in [0.15, 0.2) is 0 Å². The van der Waals surface area contributed by atoms with Crippen LogP contribution in [-0.2, 0) is 6.54 Å². The third-order valence-electron chi connectivity index (χ3n) is 4.03. The lowest BCUT2D eigenvalue weighted by Crippen LogP contribution is -2.29. The van der Waals surface area contributed by atoms with E-state index in [0.29, 0.717) is 23.1 Å². The Morgan fingerprint density at radius 1 is 1.15 bits per heavy atom. The van der Waals surface area contributed by atoms with E-state index in [1.807, 2.05) is 10.6 Å². The number of aromatic amines is 2. The Balaban J connectivity index is 0.00000210. The molecule has 11 heteroatoms. The number of benzene rings is 2. The van der Waals surface area contributed by atoms with Crippen molar-refractivity contribution in [3.8, 4) is 0 Å². The van der Waals surface area contributed by atoms with Gasteiger partial charge in [-0.3, -0.25) is 19.7 Å². The van der Waals surface area contributed by atoms with Crippen LogP contribution >= 0.6 is 32.9 Å². The van der Waals surface area contributed by atoms with E-state index in [9.17, 15) is 19.7 Å². The normalized spacial score (nSPS) is 10.9. The van der Waals surface area contributed by atoms with E-state index in [4.69, 9.17) is 0 Å². The topological polar surface area (TPSA) is 127 Å². The van der Waals surface area contributed by atoms with Gasteiger partial charge in [-0.25, -0.2) is 4.98 Å². The van der Waals surface area contributed by atoms with Crippen LogP contribution in [0.2, 0.25) is 0 Å². The third-order valence-corrected chi connectivity index (χ3v) is 4.49. The van der Waals surface area contributed by atoms with Gasteiger partial charge in [0.1, 0.15) is 0 Å². The first-order chi connectivity index (χ1) is 12.4. The number of imidazole rings is 1. The Kier molecular flexibility index (Phi) is 4.98. The summed E-state index contributed by atoms with van der Waals surface area (Å²) in [6.45, 7) is 0.353. The van der Waals surface area contributed by atoms with Gasteiger partial charge in [-0.05, 0) is 23.8 Å². The van der Waals surface area contributed by atoms with E-state index in [1.54, 1.807) is 18.5 Å². The standard InChI is InChI=1S/C16H10BrN5O4.BrH/c17-9-3-8(14-12(4-9)19-15(23)16(24)20-14)6-21-7-18-11-5-10(22(25)26)1-2-13(11)21;/h1-5,7H,6H2,(H,19,23)(H,20,24);1H. The number of fused-ring (bicyclic) bond motifs is 2. The minimum Gasteiger partial charge on any atom is -0.326 e. The van der Waals surface area contributed by atoms with Crippen molar-refractivity contribution in [2.24, 2.45) is 0 Å². The van der Waals surface area contributed by atoms with Crippen LogP contribution in [0.25, 0.3) is 22.1 Å². The molecule has 0 atom stereocenters. The molecule has 0 radical (unpaired) electrons. The molecule has 0 aliphatic heterocycles. The Morgan fingerprint density at radius 2 is 1.89 bits per heavy atom. The van der Waals surface area contributed by atoms with Crippen LogP contribution in [0.15, 0.2) is 50.7 Å². The highest BCUT2D eigenvalue weighted by atomic mass is 79.9. The van der Waals surface area contributed by atoms with Gasteiger partial charge in [0.2, 0.25) is 0 Å². The molecule has 4 aromatic rings. The molecule has 0 fully saturated rings. The Morgan fingerprint density at radius 3 is 2.63 bits per heavy atom. The first-order valence-corrected chi connectivity index (χ1v) is 8.26. The van der Waals surface area contributed by atoms with E-state index >= 15 is 0 Å². The summed E-state index contributed by atoms with van der Waals surface area (Å²) in [4.78, 5) is 43.0. The van der Waals surface area contributed by atoms with Gasteiger partial charge in [-0.15, -0.1) is 17.0 Å². The van der Waals surface area contributed by atoms with Crippen LogP contribution in [0.5, 0.6) is 0 Å². The van der Waals surface area contributed by atoms with Gasteiger partial charge in [0, 0.05) is 16.6 Å². The number of H-pyrrole nitrogens is 2. The van der Waals surface area contributed by atoms with Gasteiger partial charge < -0.3 is 14.5 Å². The molecule has 2 N–H and O–H groups in total. The monoisotopic (exact) mass is 495 g/mol. The zero-order chi connectivity index (χ0) is 18.4. The van der Waals surface area contributed by atoms with Gasteiger partial charge >= 0.3 is 11.1 Å². The molecule has 2 aromatic heterocycles. The van der Waals surface area contributed by atoms with Crippen LogP contribution in [0, 0.1) is 10.1 Å². The van der Waals surface area contributed by atoms with Crippen LogP contribution in [-0.4, -0.2) is 24.4 Å². The quantitative estimate of drug-likeness (QED) is 0.256. The zero-order valence-corrected chi connectivity index (χ0v) is 16.7. The van der Waals surface area contributed by atoms with Gasteiger partial charge in [-0.1, -0.05) is 15.9 Å². The Labute approximate surface area is 169 Å². The van der Waals surface area contributed by atoms with Crippen molar-refractivity contribution < 1.29 is 4.92 Å². The highest BCUT2D eigenvalue weighted by molar-refractivity contribution is 9.10. The molecule has 0 aliphatic rings. The summed E-state index contributed by atoms with van der Waals surface area (Å²) in [7, 11) is 0. The summed E-state index contributed by atoms with van der Waals surface area (Å²) in [5.41, 5.74) is 1.50. The SMILES string of the molecule is Br.O=c1[nH]c2cc(Br)cc(Cn3cnc4cc([N+](=O)[O-])ccc43)c2[nH]c1=O. The maximum atomic E-state index is 11.7. The van der Waals surface area contributed by atoms with E-state index < -0.39 is 16.0 Å². The molecule has 27 heavy (non-hydrogen) atoms. The molecule has 0 spiro atoms. The molecule has 2 aromatic carbocycles. The second kappa shape index (κ2) is 7.08. The predicted molar refractivity (Wildman–Crippen MR) is 109 cm³/mol. The summed E-state index contributed by atoms with van der Waals surface area (Å²) < 4.78 is 2.55. The van der Waals surface area contributed by atoms with Crippen LogP contribution in [0.3, 0.4) is 0 Å². The van der Waals surface area contributed by atoms with Crippen molar-refractivity contribution in [3.05, 3.63) is 77.5 Å². The fourth-order valence-electron chi connectivity index (χ4n) is 2.86. The first kappa shape index (κ1) is 19.0. The highest BCUT2D eigenvalue weighted by Crippen LogP contribution is 2.24. The lowest BCUT2D eigenvalue weighted by Gasteiger charge is -2.09. The fourth-order valence-corrected chi connectivity index (χ4v) is 3.36. The number of nitro benzene ring substituents is 1. The van der Waals surface area contributed by atoms with Gasteiger partial charge in [0.05, 0.1) is 39.9 Å². The van der Waals surface area contributed by atoms with Crippen molar-refractivity contribution in [1.29, 1.82) is 0 Å². The van der Waals surface area contributed by atoms with E-state index in [0.717, 1.165) is 15.6 Å². The average molecular weight is 497 g/mol. The van der Waals surface area contributed by atoms with Gasteiger partial charge in [-0.2, -0.15) is 0 Å². The summed E-state index contributed by atoms with van der Waals surface area (Å²) in [5.74, 6) is 0. The molecule has 4 rings (SSSR count). The first-order valence-electron chi connectivity index (χ1n) is 7.46. The number of nitrogens with one attached hydrogen (secondary N) is 2. The molecule has 0 saturated carbocycles. The number of aromatic nitrogens is 4. The largest absolute Gasteiger partial charge is 0.326 e. The predicted octanol–water partition coefficient (Wildman–Crippen LogP) is 2.86. The molecule has 9 nitrogen and oxygen atoms in total. The maximum absolute atomic E-state index is 11.7. The lowest BCUT2D eigenvalue weighted by molar-refractivity contribution is -0.384.